The van der Waals surface area contributed by atoms with Crippen molar-refractivity contribution in [2.75, 3.05) is 12.5 Å². The van der Waals surface area contributed by atoms with Gasteiger partial charge >= 0.3 is 6.18 Å². The molecule has 160 valence electrons. The van der Waals surface area contributed by atoms with Crippen LogP contribution in [0.3, 0.4) is 0 Å². The topological polar surface area (TPSA) is 81.1 Å². The first-order chi connectivity index (χ1) is 14.1. The first-order valence-corrected chi connectivity index (χ1v) is 9.20. The molecule has 0 aliphatic carbocycles. The van der Waals surface area contributed by atoms with E-state index >= 15 is 0 Å². The molecule has 1 aromatic carbocycles. The van der Waals surface area contributed by atoms with E-state index in [0.717, 1.165) is 34.3 Å². The molecule has 0 radical (unpaired) electrons. The average molecular weight is 421 g/mol. The fourth-order valence-electron chi connectivity index (χ4n) is 3.32. The number of nitrogens with zero attached hydrogens (tertiary/aromatic N) is 3. The third kappa shape index (κ3) is 4.32. The van der Waals surface area contributed by atoms with E-state index in [-0.39, 0.29) is 18.0 Å². The van der Waals surface area contributed by atoms with Crippen LogP contribution in [0, 0.1) is 13.8 Å². The molecule has 1 amide bonds. The lowest BCUT2D eigenvalue weighted by atomic mass is 10.00. The van der Waals surface area contributed by atoms with E-state index in [9.17, 15) is 18.0 Å². The van der Waals surface area contributed by atoms with Gasteiger partial charge in [0, 0.05) is 19.2 Å². The molecule has 10 heteroatoms. The minimum atomic E-state index is -4.45. The van der Waals surface area contributed by atoms with Gasteiger partial charge in [-0.15, -0.1) is 5.10 Å². The van der Waals surface area contributed by atoms with Crippen LogP contribution in [0.5, 0.6) is 5.88 Å². The number of aromatic nitrogens is 3. The van der Waals surface area contributed by atoms with Crippen molar-refractivity contribution in [2.45, 2.75) is 32.9 Å². The fraction of sp³-hybridized carbons (Fsp3) is 0.350. The summed E-state index contributed by atoms with van der Waals surface area (Å²) in [5.74, 6) is 0.110. The first-order valence-electron chi connectivity index (χ1n) is 9.20. The highest BCUT2D eigenvalue weighted by atomic mass is 19.4. The molecule has 3 aromatic rings. The number of carbonyl (C=O) groups excluding carboxylic acids is 1. The van der Waals surface area contributed by atoms with Crippen LogP contribution < -0.4 is 15.6 Å². The highest BCUT2D eigenvalue weighted by Crippen LogP contribution is 2.31. The minimum absolute atomic E-state index is 0.128. The molecule has 3 rings (SSSR count). The summed E-state index contributed by atoms with van der Waals surface area (Å²) in [7, 11) is 3.32. The molecule has 0 aliphatic heterocycles. The van der Waals surface area contributed by atoms with Crippen LogP contribution in [0.25, 0.3) is 11.0 Å². The van der Waals surface area contributed by atoms with Crippen LogP contribution in [0.2, 0.25) is 0 Å². The molecule has 0 atom stereocenters. The van der Waals surface area contributed by atoms with Crippen molar-refractivity contribution in [1.82, 2.24) is 20.2 Å². The standard InChI is InChI=1S/C20H22F3N5O2/c1-11-15(12(2)24-18-17(11)19(30-4)27-28(18)3)8-9-16(29)26-25-14-7-5-6-13(10-14)20(21,22)23/h5-7,10,25H,8-9H2,1-4H3,(H,26,29). The summed E-state index contributed by atoms with van der Waals surface area (Å²) in [6, 6.07) is 4.61. The number of aryl methyl sites for hydroxylation is 3. The second-order valence-electron chi connectivity index (χ2n) is 6.88. The van der Waals surface area contributed by atoms with Crippen LogP contribution >= 0.6 is 0 Å². The molecule has 0 bridgehead atoms. The molecular formula is C20H22F3N5O2. The molecular weight excluding hydrogens is 399 g/mol. The Bertz CT molecular complexity index is 1090. The predicted octanol–water partition coefficient (Wildman–Crippen LogP) is 3.69. The highest BCUT2D eigenvalue weighted by Gasteiger charge is 2.30. The molecule has 0 saturated heterocycles. The van der Waals surface area contributed by atoms with E-state index in [4.69, 9.17) is 4.74 Å². The fourth-order valence-corrected chi connectivity index (χ4v) is 3.32. The third-order valence-electron chi connectivity index (χ3n) is 4.85. The van der Waals surface area contributed by atoms with E-state index in [1.165, 1.54) is 19.2 Å². The summed E-state index contributed by atoms with van der Waals surface area (Å²) in [4.78, 5) is 16.8. The summed E-state index contributed by atoms with van der Waals surface area (Å²) in [5.41, 5.74) is 7.63. The second-order valence-corrected chi connectivity index (χ2v) is 6.88. The van der Waals surface area contributed by atoms with Gasteiger partial charge in [0.05, 0.1) is 23.7 Å². The van der Waals surface area contributed by atoms with Crippen molar-refractivity contribution < 1.29 is 22.7 Å². The molecule has 0 fully saturated rings. The third-order valence-corrected chi connectivity index (χ3v) is 4.85. The highest BCUT2D eigenvalue weighted by molar-refractivity contribution is 5.86. The van der Waals surface area contributed by atoms with Crippen molar-refractivity contribution in [1.29, 1.82) is 0 Å². The zero-order chi connectivity index (χ0) is 22.1. The minimum Gasteiger partial charge on any atom is -0.479 e. The predicted molar refractivity (Wildman–Crippen MR) is 106 cm³/mol. The number of carbonyl (C=O) groups is 1. The van der Waals surface area contributed by atoms with Gasteiger partial charge in [-0.3, -0.25) is 15.6 Å². The number of hydrazine groups is 1. The summed E-state index contributed by atoms with van der Waals surface area (Å²) in [6.45, 7) is 3.79. The Labute approximate surface area is 171 Å². The summed E-state index contributed by atoms with van der Waals surface area (Å²) >= 11 is 0. The summed E-state index contributed by atoms with van der Waals surface area (Å²) < 4.78 is 45.3. The van der Waals surface area contributed by atoms with Crippen LogP contribution in [-0.4, -0.2) is 27.8 Å². The SMILES string of the molecule is COc1nn(C)c2nc(C)c(CCC(=O)NNc3cccc(C(F)(F)F)c3)c(C)c12. The first kappa shape index (κ1) is 21.4. The Balaban J connectivity index is 1.69. The van der Waals surface area contributed by atoms with E-state index in [1.54, 1.807) is 11.7 Å². The summed E-state index contributed by atoms with van der Waals surface area (Å²) in [5, 5.41) is 5.09. The van der Waals surface area contributed by atoms with Crippen LogP contribution in [0.15, 0.2) is 24.3 Å². The molecule has 2 N–H and O–H groups in total. The Hall–Kier alpha value is -3.30. The molecule has 0 spiro atoms. The van der Waals surface area contributed by atoms with E-state index in [2.05, 4.69) is 20.9 Å². The molecule has 2 aromatic heterocycles. The lowest BCUT2D eigenvalue weighted by Crippen LogP contribution is -2.29. The number of anilines is 1. The number of pyridine rings is 1. The Kier molecular flexibility index (Phi) is 5.86. The molecule has 7 nitrogen and oxygen atoms in total. The van der Waals surface area contributed by atoms with Gasteiger partial charge in [0.15, 0.2) is 5.65 Å². The summed E-state index contributed by atoms with van der Waals surface area (Å²) in [6.07, 6.45) is -3.91. The zero-order valence-electron chi connectivity index (χ0n) is 17.0. The van der Waals surface area contributed by atoms with E-state index < -0.39 is 11.7 Å². The van der Waals surface area contributed by atoms with Crippen molar-refractivity contribution in [3.63, 3.8) is 0 Å². The van der Waals surface area contributed by atoms with Gasteiger partial charge in [-0.2, -0.15) is 13.2 Å². The van der Waals surface area contributed by atoms with Gasteiger partial charge in [0.2, 0.25) is 11.8 Å². The number of hydrogen-bond acceptors (Lipinski definition) is 5. The molecule has 0 aliphatic rings. The number of alkyl halides is 3. The normalized spacial score (nSPS) is 11.6. The van der Waals surface area contributed by atoms with Crippen molar-refractivity contribution >= 4 is 22.6 Å². The van der Waals surface area contributed by atoms with Gasteiger partial charge in [0.25, 0.3) is 0 Å². The second kappa shape index (κ2) is 8.21. The number of benzene rings is 1. The van der Waals surface area contributed by atoms with Gasteiger partial charge in [-0.1, -0.05) is 6.07 Å². The molecule has 2 heterocycles. The number of methoxy groups -OCH3 is 1. The van der Waals surface area contributed by atoms with Crippen LogP contribution in [-0.2, 0) is 24.4 Å². The zero-order valence-corrected chi connectivity index (χ0v) is 17.0. The van der Waals surface area contributed by atoms with Gasteiger partial charge < -0.3 is 4.74 Å². The van der Waals surface area contributed by atoms with Crippen LogP contribution in [0.4, 0.5) is 18.9 Å². The van der Waals surface area contributed by atoms with Gasteiger partial charge in [-0.25, -0.2) is 9.67 Å². The Morgan fingerprint density at radius 2 is 2.00 bits per heavy atom. The maximum Gasteiger partial charge on any atom is 0.416 e. The maximum absolute atomic E-state index is 12.8. The number of nitrogens with one attached hydrogen (secondary N) is 2. The largest absolute Gasteiger partial charge is 0.479 e. The molecule has 0 saturated carbocycles. The van der Waals surface area contributed by atoms with Gasteiger partial charge in [-0.05, 0) is 49.6 Å². The number of rotatable bonds is 6. The monoisotopic (exact) mass is 421 g/mol. The van der Waals surface area contributed by atoms with Crippen molar-refractivity contribution in [3.8, 4) is 5.88 Å². The maximum atomic E-state index is 12.8. The van der Waals surface area contributed by atoms with E-state index in [1.807, 2.05) is 13.8 Å². The number of halogens is 3. The number of ether oxygens (including phenoxy) is 1. The molecule has 30 heavy (non-hydrogen) atoms. The lowest BCUT2D eigenvalue weighted by Gasteiger charge is -2.13. The number of amides is 1. The quantitative estimate of drug-likeness (QED) is 0.594. The Morgan fingerprint density at radius 1 is 1.27 bits per heavy atom. The number of fused-ring (bicyclic) bond motifs is 1. The lowest BCUT2D eigenvalue weighted by molar-refractivity contribution is -0.137. The average Bonchev–Trinajstić information content (AvgIpc) is 3.01. The van der Waals surface area contributed by atoms with Crippen LogP contribution in [0.1, 0.15) is 28.8 Å². The smallest absolute Gasteiger partial charge is 0.416 e. The molecule has 0 unspecified atom stereocenters. The van der Waals surface area contributed by atoms with Crippen molar-refractivity contribution in [2.24, 2.45) is 7.05 Å². The number of hydrogen-bond donors (Lipinski definition) is 2. The Morgan fingerprint density at radius 3 is 2.67 bits per heavy atom. The van der Waals surface area contributed by atoms with Crippen molar-refractivity contribution in [3.05, 3.63) is 46.6 Å². The van der Waals surface area contributed by atoms with Gasteiger partial charge in [0.1, 0.15) is 0 Å². The van der Waals surface area contributed by atoms with E-state index in [0.29, 0.717) is 17.9 Å².